The second kappa shape index (κ2) is 9.23. The van der Waals surface area contributed by atoms with E-state index >= 15 is 0 Å². The predicted molar refractivity (Wildman–Crippen MR) is 90.8 cm³/mol. The lowest BCUT2D eigenvalue weighted by Crippen LogP contribution is -2.23. The van der Waals surface area contributed by atoms with Crippen molar-refractivity contribution >= 4 is 17.5 Å². The van der Waals surface area contributed by atoms with Crippen molar-refractivity contribution in [2.45, 2.75) is 46.0 Å². The number of carbonyl (C=O) groups is 2. The fourth-order valence-corrected chi connectivity index (χ4v) is 2.39. The van der Waals surface area contributed by atoms with Gasteiger partial charge in [-0.1, -0.05) is 38.8 Å². The average Bonchev–Trinajstić information content (AvgIpc) is 2.48. The number of hydrogen-bond donors (Lipinski definition) is 1. The van der Waals surface area contributed by atoms with Gasteiger partial charge in [0, 0.05) is 25.7 Å². The van der Waals surface area contributed by atoms with Gasteiger partial charge in [-0.3, -0.25) is 9.59 Å². The van der Waals surface area contributed by atoms with E-state index in [4.69, 9.17) is 0 Å². The molecule has 0 saturated heterocycles. The lowest BCUT2D eigenvalue weighted by molar-refractivity contribution is -0.128. The summed E-state index contributed by atoms with van der Waals surface area (Å²) in [5.74, 6) is 0.258. The lowest BCUT2D eigenvalue weighted by Gasteiger charge is -2.15. The van der Waals surface area contributed by atoms with Gasteiger partial charge in [-0.25, -0.2) is 0 Å². The monoisotopic (exact) mass is 304 g/mol. The first-order chi connectivity index (χ1) is 10.5. The highest BCUT2D eigenvalue weighted by atomic mass is 16.2. The van der Waals surface area contributed by atoms with Gasteiger partial charge in [0.25, 0.3) is 0 Å². The van der Waals surface area contributed by atoms with Crippen LogP contribution in [0, 0.1) is 5.92 Å². The fourth-order valence-electron chi connectivity index (χ4n) is 2.39. The van der Waals surface area contributed by atoms with Crippen LogP contribution in [0.1, 0.15) is 45.1 Å². The number of carbonyl (C=O) groups excluding carboxylic acids is 2. The van der Waals surface area contributed by atoms with Crippen LogP contribution in [0.25, 0.3) is 0 Å². The molecule has 4 heteroatoms. The quantitative estimate of drug-likeness (QED) is 0.799. The van der Waals surface area contributed by atoms with Crippen LogP contribution in [0.3, 0.4) is 0 Å². The van der Waals surface area contributed by atoms with E-state index < -0.39 is 0 Å². The highest BCUT2D eigenvalue weighted by molar-refractivity contribution is 5.92. The van der Waals surface area contributed by atoms with Crippen molar-refractivity contribution in [3.63, 3.8) is 0 Å². The molecule has 122 valence electrons. The third kappa shape index (κ3) is 5.88. The predicted octanol–water partition coefficient (Wildman–Crippen LogP) is 3.47. The Kier molecular flexibility index (Phi) is 7.64. The summed E-state index contributed by atoms with van der Waals surface area (Å²) in [7, 11) is 3.50. The van der Waals surface area contributed by atoms with E-state index in [1.165, 1.54) is 0 Å². The molecule has 1 aromatic carbocycles. The Morgan fingerprint density at radius 3 is 2.05 bits per heavy atom. The molecule has 0 aliphatic heterocycles. The Morgan fingerprint density at radius 1 is 1.05 bits per heavy atom. The molecule has 0 aliphatic rings. The summed E-state index contributed by atoms with van der Waals surface area (Å²) in [5, 5.41) is 2.98. The lowest BCUT2D eigenvalue weighted by atomic mass is 9.97. The maximum Gasteiger partial charge on any atom is 0.227 e. The number of nitrogens with one attached hydrogen (secondary N) is 1. The van der Waals surface area contributed by atoms with E-state index in [9.17, 15) is 9.59 Å². The second-order valence-corrected chi connectivity index (χ2v) is 5.93. The van der Waals surface area contributed by atoms with Crippen molar-refractivity contribution in [3.05, 3.63) is 29.8 Å². The molecule has 1 aromatic rings. The number of hydrogen-bond acceptors (Lipinski definition) is 2. The Labute approximate surface area is 133 Å². The number of amides is 2. The zero-order valence-corrected chi connectivity index (χ0v) is 14.2. The van der Waals surface area contributed by atoms with Crippen molar-refractivity contribution in [1.29, 1.82) is 0 Å². The summed E-state index contributed by atoms with van der Waals surface area (Å²) < 4.78 is 0. The van der Waals surface area contributed by atoms with E-state index in [1.54, 1.807) is 19.0 Å². The number of benzene rings is 1. The Balaban J connectivity index is 2.63. The fraction of sp³-hybridized carbons (Fsp3) is 0.556. The van der Waals surface area contributed by atoms with Crippen molar-refractivity contribution in [3.8, 4) is 0 Å². The highest BCUT2D eigenvalue weighted by Gasteiger charge is 2.16. The van der Waals surface area contributed by atoms with Gasteiger partial charge in [0.2, 0.25) is 11.8 Å². The largest absolute Gasteiger partial charge is 0.349 e. The van der Waals surface area contributed by atoms with Gasteiger partial charge in [0.1, 0.15) is 0 Å². The first-order valence-corrected chi connectivity index (χ1v) is 8.07. The molecule has 1 rings (SSSR count). The van der Waals surface area contributed by atoms with Gasteiger partial charge in [0.05, 0.1) is 6.42 Å². The SMILES string of the molecule is CCCC(CCC)C(=O)Nc1ccc(CC(=O)N(C)C)cc1. The maximum absolute atomic E-state index is 12.3. The van der Waals surface area contributed by atoms with Crippen molar-refractivity contribution in [2.75, 3.05) is 19.4 Å². The third-order valence-corrected chi connectivity index (χ3v) is 3.72. The normalized spacial score (nSPS) is 10.6. The van der Waals surface area contributed by atoms with Crippen molar-refractivity contribution in [2.24, 2.45) is 5.92 Å². The van der Waals surface area contributed by atoms with Crippen molar-refractivity contribution in [1.82, 2.24) is 4.90 Å². The summed E-state index contributed by atoms with van der Waals surface area (Å²) in [6, 6.07) is 7.52. The van der Waals surface area contributed by atoms with E-state index in [1.807, 2.05) is 24.3 Å². The van der Waals surface area contributed by atoms with Crippen LogP contribution in [0.5, 0.6) is 0 Å². The molecule has 4 nitrogen and oxygen atoms in total. The minimum Gasteiger partial charge on any atom is -0.349 e. The molecule has 0 fully saturated rings. The molecule has 0 spiro atoms. The van der Waals surface area contributed by atoms with Crippen LogP contribution in [0.15, 0.2) is 24.3 Å². The third-order valence-electron chi connectivity index (χ3n) is 3.72. The molecular formula is C18H28N2O2. The molecule has 0 atom stereocenters. The summed E-state index contributed by atoms with van der Waals surface area (Å²) in [4.78, 5) is 25.5. The minimum atomic E-state index is 0.0720. The molecule has 1 N–H and O–H groups in total. The van der Waals surface area contributed by atoms with Crippen LogP contribution < -0.4 is 5.32 Å². The highest BCUT2D eigenvalue weighted by Crippen LogP contribution is 2.17. The molecule has 22 heavy (non-hydrogen) atoms. The molecule has 0 aromatic heterocycles. The molecular weight excluding hydrogens is 276 g/mol. The van der Waals surface area contributed by atoms with Crippen LogP contribution in [0.4, 0.5) is 5.69 Å². The van der Waals surface area contributed by atoms with Gasteiger partial charge in [-0.05, 0) is 30.5 Å². The molecule has 0 heterocycles. The van der Waals surface area contributed by atoms with Crippen molar-refractivity contribution < 1.29 is 9.59 Å². The van der Waals surface area contributed by atoms with Gasteiger partial charge < -0.3 is 10.2 Å². The molecule has 0 unspecified atom stereocenters. The summed E-state index contributed by atoms with van der Waals surface area (Å²) in [6.07, 6.45) is 4.27. The molecule has 0 bridgehead atoms. The average molecular weight is 304 g/mol. The standard InChI is InChI=1S/C18H28N2O2/c1-5-7-15(8-6-2)18(22)19-16-11-9-14(10-12-16)13-17(21)20(3)4/h9-12,15H,5-8,13H2,1-4H3,(H,19,22). The molecule has 0 saturated carbocycles. The summed E-state index contributed by atoms with van der Waals surface area (Å²) in [6.45, 7) is 4.21. The Bertz CT molecular complexity index is 474. The number of anilines is 1. The number of nitrogens with zero attached hydrogens (tertiary/aromatic N) is 1. The van der Waals surface area contributed by atoms with E-state index in [2.05, 4.69) is 19.2 Å². The Hall–Kier alpha value is -1.84. The molecule has 0 radical (unpaired) electrons. The summed E-state index contributed by atoms with van der Waals surface area (Å²) in [5.41, 5.74) is 1.75. The number of rotatable bonds is 8. The van der Waals surface area contributed by atoms with Gasteiger partial charge in [-0.15, -0.1) is 0 Å². The molecule has 0 aliphatic carbocycles. The summed E-state index contributed by atoms with van der Waals surface area (Å²) >= 11 is 0. The minimum absolute atomic E-state index is 0.0720. The second-order valence-electron chi connectivity index (χ2n) is 5.93. The maximum atomic E-state index is 12.3. The Morgan fingerprint density at radius 2 is 1.59 bits per heavy atom. The first-order valence-electron chi connectivity index (χ1n) is 8.07. The van der Waals surface area contributed by atoms with Gasteiger partial charge in [-0.2, -0.15) is 0 Å². The zero-order chi connectivity index (χ0) is 16.5. The van der Waals surface area contributed by atoms with Crippen LogP contribution in [-0.2, 0) is 16.0 Å². The molecule has 2 amide bonds. The smallest absolute Gasteiger partial charge is 0.227 e. The number of likely N-dealkylation sites (N-methyl/N-ethyl adjacent to an activating group) is 1. The van der Waals surface area contributed by atoms with Gasteiger partial charge >= 0.3 is 0 Å². The van der Waals surface area contributed by atoms with E-state index in [0.717, 1.165) is 36.9 Å². The van der Waals surface area contributed by atoms with Crippen LogP contribution in [-0.4, -0.2) is 30.8 Å². The van der Waals surface area contributed by atoms with Crippen LogP contribution in [0.2, 0.25) is 0 Å². The van der Waals surface area contributed by atoms with E-state index in [-0.39, 0.29) is 17.7 Å². The topological polar surface area (TPSA) is 49.4 Å². The van der Waals surface area contributed by atoms with E-state index in [0.29, 0.717) is 6.42 Å². The van der Waals surface area contributed by atoms with Crippen LogP contribution >= 0.6 is 0 Å². The zero-order valence-electron chi connectivity index (χ0n) is 14.2. The first kappa shape index (κ1) is 18.2. The van der Waals surface area contributed by atoms with Gasteiger partial charge in [0.15, 0.2) is 0 Å².